The fourth-order valence-corrected chi connectivity index (χ4v) is 12.0. The van der Waals surface area contributed by atoms with Crippen molar-refractivity contribution in [3.63, 3.8) is 0 Å². The third-order valence-electron chi connectivity index (χ3n) is 13.9. The first-order chi connectivity index (χ1) is 35.1. The zero-order chi connectivity index (χ0) is 47.2. The lowest BCUT2D eigenvalue weighted by atomic mass is 10.0. The van der Waals surface area contributed by atoms with Gasteiger partial charge in [-0.15, -0.1) is 11.3 Å². The van der Waals surface area contributed by atoms with Gasteiger partial charge in [0.2, 0.25) is 0 Å². The van der Waals surface area contributed by atoms with Crippen LogP contribution in [-0.4, -0.2) is 24.1 Å². The Morgan fingerprint density at radius 1 is 0.479 bits per heavy atom. The van der Waals surface area contributed by atoms with Gasteiger partial charge in [0, 0.05) is 80.9 Å². The predicted molar refractivity (Wildman–Crippen MR) is 297 cm³/mol. The molecule has 5 aromatic heterocycles. The zero-order valence-electron chi connectivity index (χ0n) is 38.5. The van der Waals surface area contributed by atoms with Crippen molar-refractivity contribution in [3.05, 3.63) is 229 Å². The van der Waals surface area contributed by atoms with Crippen LogP contribution < -0.4 is 10.6 Å². The van der Waals surface area contributed by atoms with Gasteiger partial charge in [-0.1, -0.05) is 176 Å². The number of aromatic nitrogens is 5. The van der Waals surface area contributed by atoms with E-state index in [1.54, 1.807) is 11.3 Å². The highest BCUT2D eigenvalue weighted by molar-refractivity contribution is 7.26. The van der Waals surface area contributed by atoms with E-state index in [9.17, 15) is 0 Å². The van der Waals surface area contributed by atoms with Crippen LogP contribution in [0.5, 0.6) is 0 Å². The zero-order valence-corrected chi connectivity index (χ0v) is 39.4. The molecular weight excluding hydrogens is 887 g/mol. The molecule has 0 saturated carbocycles. The second-order valence-corrected chi connectivity index (χ2v) is 18.9. The summed E-state index contributed by atoms with van der Waals surface area (Å²) in [5.41, 5.74) is 11.9. The van der Waals surface area contributed by atoms with E-state index in [1.807, 2.05) is 60.7 Å². The van der Waals surface area contributed by atoms with Crippen molar-refractivity contribution in [2.75, 3.05) is 0 Å². The van der Waals surface area contributed by atoms with Crippen molar-refractivity contribution in [2.45, 2.75) is 6.92 Å². The Morgan fingerprint density at radius 3 is 1.75 bits per heavy atom. The fourth-order valence-electron chi connectivity index (χ4n) is 10.7. The number of para-hydroxylation sites is 4. The minimum atomic E-state index is 0.640. The summed E-state index contributed by atoms with van der Waals surface area (Å²) in [6.07, 6.45) is 4.46. The van der Waals surface area contributed by atoms with E-state index in [1.165, 1.54) is 15.5 Å². The number of rotatable bonds is 7. The molecule has 0 N–H and O–H groups in total. The first-order valence-electron chi connectivity index (χ1n) is 23.8. The van der Waals surface area contributed by atoms with Gasteiger partial charge in [0.25, 0.3) is 0 Å². The summed E-state index contributed by atoms with van der Waals surface area (Å²) in [6.45, 7) is 6.90. The highest BCUT2D eigenvalue weighted by Gasteiger charge is 2.22. The lowest BCUT2D eigenvalue weighted by molar-refractivity contribution is 0.670. The quantitative estimate of drug-likeness (QED) is 0.160. The summed E-state index contributed by atoms with van der Waals surface area (Å²) in [5.74, 6) is 1.92. The van der Waals surface area contributed by atoms with Crippen LogP contribution in [0.25, 0.3) is 138 Å². The highest BCUT2D eigenvalue weighted by Crippen LogP contribution is 2.44. The van der Waals surface area contributed by atoms with Crippen LogP contribution in [0.2, 0.25) is 0 Å². The number of allylic oxidation sites excluding steroid dienone is 1. The normalized spacial score (nSPS) is 12.5. The number of furan rings is 1. The van der Waals surface area contributed by atoms with Crippen molar-refractivity contribution in [1.82, 2.24) is 24.1 Å². The van der Waals surface area contributed by atoms with Gasteiger partial charge in [-0.25, -0.2) is 15.0 Å². The van der Waals surface area contributed by atoms with Gasteiger partial charge in [0.1, 0.15) is 5.58 Å². The maximum atomic E-state index is 7.12. The molecule has 0 bridgehead atoms. The third-order valence-corrected chi connectivity index (χ3v) is 15.2. The van der Waals surface area contributed by atoms with E-state index in [2.05, 4.69) is 174 Å². The summed E-state index contributed by atoms with van der Waals surface area (Å²) in [5, 5.41) is 10.1. The van der Waals surface area contributed by atoms with Gasteiger partial charge >= 0.3 is 0 Å². The molecule has 0 radical (unpaired) electrons. The van der Waals surface area contributed by atoms with Crippen LogP contribution in [0.1, 0.15) is 12.5 Å². The Morgan fingerprint density at radius 2 is 1.03 bits per heavy atom. The Balaban J connectivity index is 0.944. The molecule has 71 heavy (non-hydrogen) atoms. The van der Waals surface area contributed by atoms with E-state index < -0.39 is 0 Å². The van der Waals surface area contributed by atoms with E-state index in [-0.39, 0.29) is 0 Å². The molecule has 334 valence electrons. The molecule has 0 spiro atoms. The number of nitrogens with zero attached hydrogens (tertiary/aromatic N) is 5. The minimum absolute atomic E-state index is 0.640. The number of benzene rings is 9. The molecule has 0 aliphatic heterocycles. The molecule has 0 saturated heterocycles. The lowest BCUT2D eigenvalue weighted by Gasteiger charge is -2.09. The molecule has 0 unspecified atom stereocenters. The molecule has 7 heteroatoms. The Labute approximate surface area is 411 Å². The van der Waals surface area contributed by atoms with Gasteiger partial charge in [0.15, 0.2) is 23.1 Å². The molecule has 9 aromatic carbocycles. The third kappa shape index (κ3) is 6.37. The smallest absolute Gasteiger partial charge is 0.165 e. The van der Waals surface area contributed by atoms with Crippen LogP contribution >= 0.6 is 11.3 Å². The van der Waals surface area contributed by atoms with Gasteiger partial charge in [-0.05, 0) is 61.0 Å². The molecule has 0 amide bonds. The SMILES string of the molecule is C=C(/C=c1\c(=C/C)n(-c2cccc3c2sc2c(-c4nc(-c5ccccc5)nc(-c5ccccc5)n4)cccc23)c2ccccc12)c1cccc2c1oc1c2ccc2c3ccccc3n(-c3ccccc3)c21. The number of thiophene rings is 1. The topological polar surface area (TPSA) is 61.7 Å². The molecule has 5 heterocycles. The van der Waals surface area contributed by atoms with E-state index in [0.717, 1.165) is 109 Å². The number of hydrogen-bond acceptors (Lipinski definition) is 5. The van der Waals surface area contributed by atoms with Gasteiger partial charge in [-0.2, -0.15) is 0 Å². The maximum absolute atomic E-state index is 7.12. The number of fused-ring (bicyclic) bond motifs is 11. The van der Waals surface area contributed by atoms with Gasteiger partial charge in [-0.3, -0.25) is 0 Å². The molecular formula is C64H41N5OS. The van der Waals surface area contributed by atoms with Gasteiger partial charge < -0.3 is 13.6 Å². The largest absolute Gasteiger partial charge is 0.453 e. The standard InChI is InChI=1S/C64H41N5OS/c1-3-53-52(38-39(2)43-28-17-29-47-48-37-36-46-44-26-13-15-33-54(44)68(42-24-11-6-12-25-42)57(46)59(48)70-58(43)47)45-27-14-16-34-55(45)69(53)56-35-19-31-50-49-30-18-32-51(60(49)71-61(50)56)64-66-62(40-20-7-4-8-21-40)65-63(67-64)41-22-9-5-10-23-41/h3-38H,2H2,1H3/b52-38-,53-3+. The second-order valence-electron chi connectivity index (χ2n) is 17.9. The van der Waals surface area contributed by atoms with Crippen LogP contribution in [0.4, 0.5) is 0 Å². The Hall–Kier alpha value is -9.17. The summed E-state index contributed by atoms with van der Waals surface area (Å²) < 4.78 is 14.2. The Kier molecular flexibility index (Phi) is 9.34. The lowest BCUT2D eigenvalue weighted by Crippen LogP contribution is -2.28. The van der Waals surface area contributed by atoms with Crippen molar-refractivity contribution >= 4 is 104 Å². The molecule has 14 aromatic rings. The van der Waals surface area contributed by atoms with Crippen LogP contribution in [0.15, 0.2) is 217 Å². The summed E-state index contributed by atoms with van der Waals surface area (Å²) in [6, 6.07) is 72.2. The van der Waals surface area contributed by atoms with Gasteiger partial charge in [0.05, 0.1) is 26.9 Å². The highest BCUT2D eigenvalue weighted by atomic mass is 32.1. The first kappa shape index (κ1) is 40.9. The second kappa shape index (κ2) is 16.2. The Bertz CT molecular complexity index is 4540. The molecule has 6 nitrogen and oxygen atoms in total. The molecule has 0 aliphatic rings. The molecule has 0 fully saturated rings. The van der Waals surface area contributed by atoms with Crippen molar-refractivity contribution in [3.8, 4) is 45.5 Å². The van der Waals surface area contributed by atoms with Crippen molar-refractivity contribution in [2.24, 2.45) is 0 Å². The predicted octanol–water partition coefficient (Wildman–Crippen LogP) is 15.5. The summed E-state index contributed by atoms with van der Waals surface area (Å²) >= 11 is 1.78. The van der Waals surface area contributed by atoms with Crippen LogP contribution in [0, 0.1) is 0 Å². The van der Waals surface area contributed by atoms with Crippen LogP contribution in [0.3, 0.4) is 0 Å². The summed E-state index contributed by atoms with van der Waals surface area (Å²) in [4.78, 5) is 15.3. The van der Waals surface area contributed by atoms with E-state index >= 15 is 0 Å². The van der Waals surface area contributed by atoms with Crippen LogP contribution in [-0.2, 0) is 0 Å². The molecule has 0 atom stereocenters. The van der Waals surface area contributed by atoms with Crippen molar-refractivity contribution < 1.29 is 4.42 Å². The fraction of sp³-hybridized carbons (Fsp3) is 0.0156. The van der Waals surface area contributed by atoms with Crippen molar-refractivity contribution in [1.29, 1.82) is 0 Å². The number of hydrogen-bond donors (Lipinski definition) is 0. The maximum Gasteiger partial charge on any atom is 0.165 e. The first-order valence-corrected chi connectivity index (χ1v) is 24.6. The molecule has 0 aliphatic carbocycles. The van der Waals surface area contributed by atoms with E-state index in [0.29, 0.717) is 17.5 Å². The monoisotopic (exact) mass is 927 g/mol. The van der Waals surface area contributed by atoms with E-state index in [4.69, 9.17) is 25.9 Å². The summed E-state index contributed by atoms with van der Waals surface area (Å²) in [7, 11) is 0. The molecule has 14 rings (SSSR count). The average molecular weight is 928 g/mol. The average Bonchev–Trinajstić information content (AvgIpc) is 4.20. The minimum Gasteiger partial charge on any atom is -0.453 e.